The van der Waals surface area contributed by atoms with Crippen LogP contribution in [0.15, 0.2) is 23.8 Å². The lowest BCUT2D eigenvalue weighted by molar-refractivity contribution is -0.161. The summed E-state index contributed by atoms with van der Waals surface area (Å²) in [5, 5.41) is 20.9. The van der Waals surface area contributed by atoms with Gasteiger partial charge in [-0.15, -0.1) is 0 Å². The van der Waals surface area contributed by atoms with Crippen LogP contribution in [0.5, 0.6) is 0 Å². The normalized spacial score (nSPS) is 52.5. The van der Waals surface area contributed by atoms with E-state index < -0.39 is 34.5 Å². The van der Waals surface area contributed by atoms with Gasteiger partial charge in [0.1, 0.15) is 17.9 Å². The molecule has 0 aromatic carbocycles. The largest absolute Gasteiger partial charge is 0.388 e. The summed E-state index contributed by atoms with van der Waals surface area (Å²) in [6, 6.07) is 0. The lowest BCUT2D eigenvalue weighted by Crippen LogP contribution is -2.63. The summed E-state index contributed by atoms with van der Waals surface area (Å²) in [5.41, 5.74) is -4.04. The molecular formula is C23H31FO4. The fourth-order valence-electron chi connectivity index (χ4n) is 7.31. The van der Waals surface area contributed by atoms with E-state index in [9.17, 15) is 19.8 Å². The molecule has 4 nitrogen and oxygen atoms in total. The predicted octanol–water partition coefficient (Wildman–Crippen LogP) is 3.17. The van der Waals surface area contributed by atoms with Gasteiger partial charge in [0.05, 0.1) is 0 Å². The summed E-state index contributed by atoms with van der Waals surface area (Å²) < 4.78 is 16.9. The molecule has 0 aliphatic heterocycles. The first-order chi connectivity index (χ1) is 13.0. The highest BCUT2D eigenvalue weighted by atomic mass is 19.1. The van der Waals surface area contributed by atoms with Gasteiger partial charge in [0.25, 0.3) is 0 Å². The zero-order chi connectivity index (χ0) is 20.7. The number of carbonyl (C=O) groups is 2. The number of hydrogen-bond donors (Lipinski definition) is 2. The molecule has 28 heavy (non-hydrogen) atoms. The van der Waals surface area contributed by atoms with Crippen molar-refractivity contribution in [1.29, 1.82) is 0 Å². The van der Waals surface area contributed by atoms with Crippen molar-refractivity contribution in [2.45, 2.75) is 64.6 Å². The van der Waals surface area contributed by atoms with Crippen LogP contribution in [-0.2, 0) is 9.59 Å². The Bertz CT molecular complexity index is 802. The van der Waals surface area contributed by atoms with E-state index in [0.29, 0.717) is 25.7 Å². The molecule has 154 valence electrons. The lowest BCUT2D eigenvalue weighted by Gasteiger charge is -2.60. The first-order valence-corrected chi connectivity index (χ1v) is 10.5. The third kappa shape index (κ3) is 2.07. The van der Waals surface area contributed by atoms with Crippen molar-refractivity contribution >= 4 is 11.6 Å². The smallest absolute Gasteiger partial charge is 0.190 e. The second-order valence-electron chi connectivity index (χ2n) is 10.1. The highest BCUT2D eigenvalue weighted by molar-refractivity contribution is 5.92. The molecule has 0 aromatic rings. The molecule has 0 heterocycles. The number of fused-ring (bicyclic) bond motifs is 5. The number of hydrogen-bond acceptors (Lipinski definition) is 4. The van der Waals surface area contributed by atoms with Gasteiger partial charge in [-0.2, -0.15) is 0 Å². The highest BCUT2D eigenvalue weighted by Crippen LogP contribution is 2.69. The summed E-state index contributed by atoms with van der Waals surface area (Å²) in [6.45, 7) is 6.94. The van der Waals surface area contributed by atoms with E-state index in [-0.39, 0.29) is 29.5 Å². The average molecular weight is 390 g/mol. The third-order valence-electron chi connectivity index (χ3n) is 8.99. The average Bonchev–Trinajstić information content (AvgIpc) is 2.86. The zero-order valence-electron chi connectivity index (χ0n) is 17.2. The second kappa shape index (κ2) is 5.85. The van der Waals surface area contributed by atoms with Crippen LogP contribution in [0.3, 0.4) is 0 Å². The molecule has 0 radical (unpaired) electrons. The van der Waals surface area contributed by atoms with Gasteiger partial charge in [-0.25, -0.2) is 4.39 Å². The molecule has 0 aromatic heterocycles. The Morgan fingerprint density at radius 1 is 1.21 bits per heavy atom. The number of alkyl halides is 1. The minimum absolute atomic E-state index is 0.0726. The summed E-state index contributed by atoms with van der Waals surface area (Å²) in [7, 11) is 0. The number of aliphatic hydroxyl groups is 2. The van der Waals surface area contributed by atoms with Crippen molar-refractivity contribution in [2.75, 3.05) is 6.61 Å². The third-order valence-corrected chi connectivity index (χ3v) is 8.99. The van der Waals surface area contributed by atoms with Crippen molar-refractivity contribution in [3.05, 3.63) is 23.8 Å². The summed E-state index contributed by atoms with van der Waals surface area (Å²) >= 11 is 0. The number of rotatable bonds is 2. The molecule has 0 amide bonds. The maximum Gasteiger partial charge on any atom is 0.190 e. The van der Waals surface area contributed by atoms with Gasteiger partial charge in [0.15, 0.2) is 11.6 Å². The summed E-state index contributed by atoms with van der Waals surface area (Å²) in [5.74, 6) is -1.32. The fraction of sp³-hybridized carbons (Fsp3) is 0.739. The molecule has 0 saturated heterocycles. The fourth-order valence-corrected chi connectivity index (χ4v) is 7.31. The Morgan fingerprint density at radius 3 is 2.54 bits per heavy atom. The van der Waals surface area contributed by atoms with Crippen LogP contribution in [0.2, 0.25) is 0 Å². The molecular weight excluding hydrogens is 359 g/mol. The van der Waals surface area contributed by atoms with E-state index in [4.69, 9.17) is 0 Å². The van der Waals surface area contributed by atoms with E-state index in [2.05, 4.69) is 6.92 Å². The first-order valence-electron chi connectivity index (χ1n) is 10.5. The molecule has 4 rings (SSSR count). The zero-order valence-corrected chi connectivity index (χ0v) is 17.2. The highest BCUT2D eigenvalue weighted by Gasteiger charge is 2.71. The van der Waals surface area contributed by atoms with Crippen LogP contribution < -0.4 is 0 Å². The number of ketones is 2. The monoisotopic (exact) mass is 390 g/mol. The van der Waals surface area contributed by atoms with E-state index >= 15 is 4.39 Å². The van der Waals surface area contributed by atoms with Crippen molar-refractivity contribution in [2.24, 2.45) is 34.5 Å². The minimum Gasteiger partial charge on any atom is -0.388 e. The first kappa shape index (κ1) is 20.0. The Hall–Kier alpha value is -1.33. The number of aliphatic hydroxyl groups excluding tert-OH is 1. The van der Waals surface area contributed by atoms with Crippen LogP contribution >= 0.6 is 0 Å². The SMILES string of the molecule is C[C@H]1C[C@H]2[C@@H]3C[C@H](C)[C@](O)(C(=O)CO)[C@@]3(C)C=C[C@]2(F)[C@@]2(C)CCC(=O)C=C12. The standard InChI is InChI=1S/C23H31FO4/c1-13-9-18-17-10-14(2)23(28,19(27)12-25)21(17,4)7-8-22(18,24)20(3)6-5-15(26)11-16(13)20/h7-8,11,13-14,17-18,25,28H,5-6,9-10,12H2,1-4H3/t13-,14-,17-,18-,20-,21-,22+,23-/m0/s1. The van der Waals surface area contributed by atoms with Gasteiger partial charge in [-0.05, 0) is 49.2 Å². The number of carbonyl (C=O) groups excluding carboxylic acids is 2. The Labute approximate surface area is 165 Å². The molecule has 4 aliphatic carbocycles. The quantitative estimate of drug-likeness (QED) is 0.710. The maximum absolute atomic E-state index is 16.9. The number of halogens is 1. The molecule has 8 atom stereocenters. The topological polar surface area (TPSA) is 74.6 Å². The molecule has 2 fully saturated rings. The number of Topliss-reactive ketones (excluding diaryl/α,β-unsaturated/α-hetero) is 1. The van der Waals surface area contributed by atoms with Crippen LogP contribution in [0.1, 0.15) is 53.4 Å². The molecule has 2 saturated carbocycles. The summed E-state index contributed by atoms with van der Waals surface area (Å²) in [6.07, 6.45) is 6.92. The van der Waals surface area contributed by atoms with Crippen LogP contribution in [0, 0.1) is 34.5 Å². The Balaban J connectivity index is 1.87. The van der Waals surface area contributed by atoms with Gasteiger partial charge in [0.2, 0.25) is 0 Å². The van der Waals surface area contributed by atoms with Gasteiger partial charge >= 0.3 is 0 Å². The summed E-state index contributed by atoms with van der Waals surface area (Å²) in [4.78, 5) is 24.6. The van der Waals surface area contributed by atoms with Crippen LogP contribution in [0.25, 0.3) is 0 Å². The lowest BCUT2D eigenvalue weighted by atomic mass is 9.45. The molecule has 0 spiro atoms. The second-order valence-corrected chi connectivity index (χ2v) is 10.1. The van der Waals surface area contributed by atoms with Crippen molar-refractivity contribution in [3.8, 4) is 0 Å². The number of allylic oxidation sites excluding steroid dienone is 3. The van der Waals surface area contributed by atoms with Crippen LogP contribution in [-0.4, -0.2) is 39.7 Å². The van der Waals surface area contributed by atoms with Gasteiger partial charge in [-0.1, -0.05) is 39.3 Å². The molecule has 2 N–H and O–H groups in total. The molecule has 4 aliphatic rings. The molecule has 0 unspecified atom stereocenters. The van der Waals surface area contributed by atoms with Crippen molar-refractivity contribution in [3.63, 3.8) is 0 Å². The molecule has 5 heteroatoms. The van der Waals surface area contributed by atoms with E-state index in [1.165, 1.54) is 0 Å². The van der Waals surface area contributed by atoms with E-state index in [0.717, 1.165) is 5.57 Å². The minimum atomic E-state index is -1.69. The van der Waals surface area contributed by atoms with Gasteiger partial charge in [0, 0.05) is 23.2 Å². The van der Waals surface area contributed by atoms with Crippen LogP contribution in [0.4, 0.5) is 4.39 Å². The predicted molar refractivity (Wildman–Crippen MR) is 103 cm³/mol. The Kier molecular flexibility index (Phi) is 4.17. The van der Waals surface area contributed by atoms with E-state index in [1.807, 2.05) is 20.8 Å². The maximum atomic E-state index is 16.9. The molecule has 0 bridgehead atoms. The Morgan fingerprint density at radius 2 is 1.89 bits per heavy atom. The van der Waals surface area contributed by atoms with Gasteiger partial charge in [-0.3, -0.25) is 9.59 Å². The van der Waals surface area contributed by atoms with Crippen molar-refractivity contribution < 1.29 is 24.2 Å². The van der Waals surface area contributed by atoms with Crippen molar-refractivity contribution in [1.82, 2.24) is 0 Å². The van der Waals surface area contributed by atoms with E-state index in [1.54, 1.807) is 18.2 Å². The van der Waals surface area contributed by atoms with Gasteiger partial charge < -0.3 is 10.2 Å².